The molecular formula is C24H30N2O4. The summed E-state index contributed by atoms with van der Waals surface area (Å²) in [5.74, 6) is -1.04. The lowest BCUT2D eigenvalue weighted by Gasteiger charge is -2.17. The third kappa shape index (κ3) is 8.47. The maximum absolute atomic E-state index is 12.3. The van der Waals surface area contributed by atoms with Crippen LogP contribution in [0.2, 0.25) is 0 Å². The number of esters is 1. The molecule has 0 aromatic heterocycles. The summed E-state index contributed by atoms with van der Waals surface area (Å²) in [6.07, 6.45) is 2.12. The lowest BCUT2D eigenvalue weighted by Crippen LogP contribution is -2.43. The molecule has 6 heteroatoms. The Bertz CT molecular complexity index is 808. The predicted octanol–water partition coefficient (Wildman–Crippen LogP) is 2.80. The van der Waals surface area contributed by atoms with E-state index in [0.717, 1.165) is 18.4 Å². The van der Waals surface area contributed by atoms with Crippen LogP contribution in [-0.2, 0) is 32.0 Å². The zero-order valence-electron chi connectivity index (χ0n) is 17.6. The molecule has 0 aliphatic rings. The van der Waals surface area contributed by atoms with Gasteiger partial charge < -0.3 is 15.4 Å². The van der Waals surface area contributed by atoms with Crippen LogP contribution in [0.1, 0.15) is 37.3 Å². The van der Waals surface area contributed by atoms with E-state index in [-0.39, 0.29) is 30.7 Å². The number of ether oxygens (including phenoxy) is 1. The van der Waals surface area contributed by atoms with Crippen LogP contribution in [0.5, 0.6) is 0 Å². The SMILES string of the molecule is COC(=O)[C@@H](Cc1ccccc1)NC(=O)CCC(=O)N[C@@H](C)CCc1ccccc1. The molecule has 0 bridgehead atoms. The monoisotopic (exact) mass is 410 g/mol. The Balaban J connectivity index is 1.74. The van der Waals surface area contributed by atoms with Gasteiger partial charge in [-0.2, -0.15) is 0 Å². The Morgan fingerprint density at radius 3 is 1.93 bits per heavy atom. The third-order valence-corrected chi connectivity index (χ3v) is 4.80. The fourth-order valence-electron chi connectivity index (χ4n) is 3.13. The summed E-state index contributed by atoms with van der Waals surface area (Å²) in [6, 6.07) is 18.7. The minimum Gasteiger partial charge on any atom is -0.467 e. The summed E-state index contributed by atoms with van der Waals surface area (Å²) < 4.78 is 4.79. The average Bonchev–Trinajstić information content (AvgIpc) is 2.76. The quantitative estimate of drug-likeness (QED) is 0.558. The normalized spacial score (nSPS) is 12.5. The molecule has 0 unspecified atom stereocenters. The standard InChI is InChI=1S/C24H30N2O4/c1-18(13-14-19-9-5-3-6-10-19)25-22(27)15-16-23(28)26-21(24(29)30-2)17-20-11-7-4-8-12-20/h3-12,18,21H,13-17H2,1-2H3,(H,25,27)(H,26,28)/t18-,21+/m0/s1. The number of carbonyl (C=O) groups is 3. The summed E-state index contributed by atoms with van der Waals surface area (Å²) in [7, 11) is 1.29. The van der Waals surface area contributed by atoms with Crippen LogP contribution >= 0.6 is 0 Å². The van der Waals surface area contributed by atoms with Gasteiger partial charge in [0.2, 0.25) is 11.8 Å². The van der Waals surface area contributed by atoms with Gasteiger partial charge in [-0.15, -0.1) is 0 Å². The molecule has 2 amide bonds. The van der Waals surface area contributed by atoms with E-state index in [1.807, 2.05) is 55.5 Å². The molecule has 2 N–H and O–H groups in total. The van der Waals surface area contributed by atoms with Crippen LogP contribution in [0.4, 0.5) is 0 Å². The van der Waals surface area contributed by atoms with Gasteiger partial charge in [0, 0.05) is 25.3 Å². The summed E-state index contributed by atoms with van der Waals surface area (Å²) in [6.45, 7) is 1.95. The van der Waals surface area contributed by atoms with Crippen molar-refractivity contribution in [2.75, 3.05) is 7.11 Å². The summed E-state index contributed by atoms with van der Waals surface area (Å²) in [5.41, 5.74) is 2.14. The topological polar surface area (TPSA) is 84.5 Å². The van der Waals surface area contributed by atoms with E-state index in [4.69, 9.17) is 4.74 Å². The number of amides is 2. The maximum atomic E-state index is 12.3. The molecule has 2 rings (SSSR count). The fraction of sp³-hybridized carbons (Fsp3) is 0.375. The van der Waals surface area contributed by atoms with E-state index in [9.17, 15) is 14.4 Å². The van der Waals surface area contributed by atoms with Crippen LogP contribution in [0, 0.1) is 0 Å². The summed E-state index contributed by atoms with van der Waals surface area (Å²) >= 11 is 0. The Kier molecular flexibility index (Phi) is 9.58. The second-order valence-electron chi connectivity index (χ2n) is 7.33. The molecule has 0 aliphatic heterocycles. The van der Waals surface area contributed by atoms with Crippen molar-refractivity contribution in [1.29, 1.82) is 0 Å². The number of rotatable bonds is 11. The molecule has 0 saturated carbocycles. The van der Waals surface area contributed by atoms with E-state index in [1.54, 1.807) is 0 Å². The molecule has 30 heavy (non-hydrogen) atoms. The minimum atomic E-state index is -0.780. The van der Waals surface area contributed by atoms with Crippen molar-refractivity contribution < 1.29 is 19.1 Å². The van der Waals surface area contributed by atoms with Gasteiger partial charge in [-0.3, -0.25) is 9.59 Å². The first-order chi connectivity index (χ1) is 14.5. The molecule has 2 atom stereocenters. The molecule has 0 aliphatic carbocycles. The smallest absolute Gasteiger partial charge is 0.328 e. The van der Waals surface area contributed by atoms with E-state index >= 15 is 0 Å². The van der Waals surface area contributed by atoms with Crippen molar-refractivity contribution in [3.63, 3.8) is 0 Å². The van der Waals surface area contributed by atoms with Gasteiger partial charge in [0.25, 0.3) is 0 Å². The molecule has 2 aromatic carbocycles. The van der Waals surface area contributed by atoms with E-state index in [0.29, 0.717) is 6.42 Å². The third-order valence-electron chi connectivity index (χ3n) is 4.80. The molecule has 0 fully saturated rings. The van der Waals surface area contributed by atoms with Crippen LogP contribution in [-0.4, -0.2) is 37.0 Å². The van der Waals surface area contributed by atoms with Gasteiger partial charge in [0.15, 0.2) is 0 Å². The highest BCUT2D eigenvalue weighted by atomic mass is 16.5. The fourth-order valence-corrected chi connectivity index (χ4v) is 3.13. The van der Waals surface area contributed by atoms with Gasteiger partial charge in [-0.05, 0) is 30.9 Å². The van der Waals surface area contributed by atoms with Gasteiger partial charge in [0.05, 0.1) is 7.11 Å². The Hall–Kier alpha value is -3.15. The second-order valence-corrected chi connectivity index (χ2v) is 7.33. The van der Waals surface area contributed by atoms with Crippen molar-refractivity contribution in [2.24, 2.45) is 0 Å². The highest BCUT2D eigenvalue weighted by molar-refractivity contribution is 5.87. The molecule has 0 heterocycles. The van der Waals surface area contributed by atoms with E-state index < -0.39 is 12.0 Å². The number of hydrogen-bond donors (Lipinski definition) is 2. The maximum Gasteiger partial charge on any atom is 0.328 e. The zero-order valence-corrected chi connectivity index (χ0v) is 17.6. The van der Waals surface area contributed by atoms with Crippen LogP contribution < -0.4 is 10.6 Å². The highest BCUT2D eigenvalue weighted by Gasteiger charge is 2.22. The number of hydrogen-bond acceptors (Lipinski definition) is 4. The number of aryl methyl sites for hydroxylation is 1. The van der Waals surface area contributed by atoms with Gasteiger partial charge in [-0.1, -0.05) is 60.7 Å². The van der Waals surface area contributed by atoms with Crippen molar-refractivity contribution >= 4 is 17.8 Å². The average molecular weight is 411 g/mol. The van der Waals surface area contributed by atoms with Gasteiger partial charge in [0.1, 0.15) is 6.04 Å². The molecule has 0 spiro atoms. The minimum absolute atomic E-state index is 0.0134. The largest absolute Gasteiger partial charge is 0.467 e. The highest BCUT2D eigenvalue weighted by Crippen LogP contribution is 2.07. The lowest BCUT2D eigenvalue weighted by atomic mass is 10.1. The van der Waals surface area contributed by atoms with E-state index in [1.165, 1.54) is 12.7 Å². The van der Waals surface area contributed by atoms with Gasteiger partial charge in [-0.25, -0.2) is 4.79 Å². The second kappa shape index (κ2) is 12.4. The summed E-state index contributed by atoms with van der Waals surface area (Å²) in [4.78, 5) is 36.4. The van der Waals surface area contributed by atoms with E-state index in [2.05, 4.69) is 22.8 Å². The molecular weight excluding hydrogens is 380 g/mol. The molecule has 160 valence electrons. The Morgan fingerprint density at radius 2 is 1.37 bits per heavy atom. The molecule has 6 nitrogen and oxygen atoms in total. The first-order valence-corrected chi connectivity index (χ1v) is 10.2. The van der Waals surface area contributed by atoms with Crippen molar-refractivity contribution in [3.8, 4) is 0 Å². The van der Waals surface area contributed by atoms with Crippen molar-refractivity contribution in [2.45, 2.75) is 51.1 Å². The zero-order chi connectivity index (χ0) is 21.8. The Labute approximate surface area is 178 Å². The summed E-state index contributed by atoms with van der Waals surface area (Å²) in [5, 5.41) is 5.60. The molecule has 2 aromatic rings. The Morgan fingerprint density at radius 1 is 0.833 bits per heavy atom. The van der Waals surface area contributed by atoms with Crippen molar-refractivity contribution in [1.82, 2.24) is 10.6 Å². The first-order valence-electron chi connectivity index (χ1n) is 10.2. The van der Waals surface area contributed by atoms with Gasteiger partial charge >= 0.3 is 5.97 Å². The first kappa shape index (κ1) is 23.1. The number of benzene rings is 2. The van der Waals surface area contributed by atoms with Crippen LogP contribution in [0.15, 0.2) is 60.7 Å². The lowest BCUT2D eigenvalue weighted by molar-refractivity contribution is -0.145. The molecule has 0 radical (unpaired) electrons. The number of carbonyl (C=O) groups excluding carboxylic acids is 3. The van der Waals surface area contributed by atoms with Crippen molar-refractivity contribution in [3.05, 3.63) is 71.8 Å². The van der Waals surface area contributed by atoms with Crippen LogP contribution in [0.3, 0.4) is 0 Å². The number of nitrogens with one attached hydrogen (secondary N) is 2. The molecule has 0 saturated heterocycles. The number of methoxy groups -OCH3 is 1. The van der Waals surface area contributed by atoms with Crippen LogP contribution in [0.25, 0.3) is 0 Å². The predicted molar refractivity (Wildman–Crippen MR) is 116 cm³/mol.